The molecule has 0 aromatic heterocycles. The quantitative estimate of drug-likeness (QED) is 0.887. The molecule has 1 aliphatic carbocycles. The van der Waals surface area contributed by atoms with Gasteiger partial charge in [0.25, 0.3) is 0 Å². The molecule has 1 fully saturated rings. The summed E-state index contributed by atoms with van der Waals surface area (Å²) in [6.45, 7) is 4.35. The van der Waals surface area contributed by atoms with Crippen molar-refractivity contribution in [1.29, 1.82) is 0 Å². The third kappa shape index (κ3) is 3.95. The molecule has 0 heterocycles. The zero-order valence-corrected chi connectivity index (χ0v) is 12.1. The Hall–Kier alpha value is -1.06. The second-order valence-corrected chi connectivity index (χ2v) is 5.48. The van der Waals surface area contributed by atoms with E-state index in [2.05, 4.69) is 30.0 Å². The van der Waals surface area contributed by atoms with E-state index in [0.29, 0.717) is 12.1 Å². The van der Waals surface area contributed by atoms with Crippen LogP contribution in [0, 0.1) is 0 Å². The first-order valence-electron chi connectivity index (χ1n) is 7.35. The number of nitrogens with zero attached hydrogens (tertiary/aromatic N) is 1. The smallest absolute Gasteiger partial charge is 0.119 e. The van der Waals surface area contributed by atoms with Crippen molar-refractivity contribution in [3.63, 3.8) is 0 Å². The summed E-state index contributed by atoms with van der Waals surface area (Å²) in [5.41, 5.74) is 7.32. The van der Waals surface area contributed by atoms with E-state index >= 15 is 0 Å². The Morgan fingerprint density at radius 3 is 2.63 bits per heavy atom. The average Bonchev–Trinajstić information content (AvgIpc) is 2.46. The van der Waals surface area contributed by atoms with Crippen LogP contribution >= 0.6 is 0 Å². The van der Waals surface area contributed by atoms with E-state index in [4.69, 9.17) is 10.5 Å². The highest BCUT2D eigenvalue weighted by atomic mass is 16.5. The maximum Gasteiger partial charge on any atom is 0.119 e. The molecule has 0 atom stereocenters. The lowest BCUT2D eigenvalue weighted by molar-refractivity contribution is 0.149. The summed E-state index contributed by atoms with van der Waals surface area (Å²) in [6, 6.07) is 9.50. The number of nitrogens with two attached hydrogens (primary N) is 1. The number of ether oxygens (including phenoxy) is 1. The summed E-state index contributed by atoms with van der Waals surface area (Å²) in [6.07, 6.45) is 4.80. The Balaban J connectivity index is 1.98. The van der Waals surface area contributed by atoms with Crippen molar-refractivity contribution in [2.75, 3.05) is 13.7 Å². The molecule has 0 spiro atoms. The van der Waals surface area contributed by atoms with Gasteiger partial charge in [0.15, 0.2) is 0 Å². The number of methoxy groups -OCH3 is 1. The summed E-state index contributed by atoms with van der Waals surface area (Å²) >= 11 is 0. The lowest BCUT2D eigenvalue weighted by Gasteiger charge is -2.35. The summed E-state index contributed by atoms with van der Waals surface area (Å²) in [7, 11) is 1.72. The van der Waals surface area contributed by atoms with Crippen LogP contribution in [0.4, 0.5) is 0 Å². The van der Waals surface area contributed by atoms with Gasteiger partial charge in [0.05, 0.1) is 7.11 Å². The van der Waals surface area contributed by atoms with E-state index in [-0.39, 0.29) is 0 Å². The zero-order valence-electron chi connectivity index (χ0n) is 12.1. The van der Waals surface area contributed by atoms with Crippen molar-refractivity contribution < 1.29 is 4.74 Å². The van der Waals surface area contributed by atoms with Crippen molar-refractivity contribution >= 4 is 0 Å². The molecule has 0 saturated heterocycles. The van der Waals surface area contributed by atoms with Crippen LogP contribution in [0.25, 0.3) is 0 Å². The van der Waals surface area contributed by atoms with Gasteiger partial charge in [-0.2, -0.15) is 0 Å². The molecule has 19 heavy (non-hydrogen) atoms. The number of hydrogen-bond acceptors (Lipinski definition) is 3. The van der Waals surface area contributed by atoms with Gasteiger partial charge in [0.1, 0.15) is 5.75 Å². The molecule has 1 aromatic rings. The van der Waals surface area contributed by atoms with Gasteiger partial charge in [-0.05, 0) is 49.9 Å². The Morgan fingerprint density at radius 2 is 2.00 bits per heavy atom. The van der Waals surface area contributed by atoms with Gasteiger partial charge in [0, 0.05) is 18.6 Å². The maximum atomic E-state index is 5.99. The lowest BCUT2D eigenvalue weighted by Crippen LogP contribution is -2.40. The molecule has 0 bridgehead atoms. The van der Waals surface area contributed by atoms with E-state index in [9.17, 15) is 0 Å². The Morgan fingerprint density at radius 1 is 1.26 bits per heavy atom. The van der Waals surface area contributed by atoms with Gasteiger partial charge in [0.2, 0.25) is 0 Å². The van der Waals surface area contributed by atoms with Gasteiger partial charge >= 0.3 is 0 Å². The van der Waals surface area contributed by atoms with Crippen LogP contribution in [0.3, 0.4) is 0 Å². The molecule has 1 saturated carbocycles. The minimum absolute atomic E-state index is 0.423. The molecular formula is C16H26N2O. The highest BCUT2D eigenvalue weighted by Gasteiger charge is 2.23. The molecule has 2 N–H and O–H groups in total. The first-order valence-corrected chi connectivity index (χ1v) is 7.35. The van der Waals surface area contributed by atoms with E-state index in [1.165, 1.54) is 31.2 Å². The van der Waals surface area contributed by atoms with Gasteiger partial charge in [-0.1, -0.05) is 19.1 Å². The van der Waals surface area contributed by atoms with E-state index in [1.54, 1.807) is 7.11 Å². The van der Waals surface area contributed by atoms with Crippen molar-refractivity contribution in [3.8, 4) is 5.75 Å². The standard InChI is InChI=1S/C16H26N2O/c1-3-18(15-9-7-14(17)8-10-15)12-13-5-4-6-16(11-13)19-2/h4-6,11,14-15H,3,7-10,12,17H2,1-2H3. The Bertz CT molecular complexity index is 386. The summed E-state index contributed by atoms with van der Waals surface area (Å²) < 4.78 is 5.29. The van der Waals surface area contributed by atoms with Crippen LogP contribution in [-0.4, -0.2) is 30.6 Å². The minimum Gasteiger partial charge on any atom is -0.497 e. The number of hydrogen-bond donors (Lipinski definition) is 1. The monoisotopic (exact) mass is 262 g/mol. The largest absolute Gasteiger partial charge is 0.497 e. The molecule has 1 aromatic carbocycles. The molecule has 0 radical (unpaired) electrons. The minimum atomic E-state index is 0.423. The Labute approximate surface area is 116 Å². The highest BCUT2D eigenvalue weighted by Crippen LogP contribution is 2.24. The van der Waals surface area contributed by atoms with Crippen LogP contribution in [0.2, 0.25) is 0 Å². The fourth-order valence-corrected chi connectivity index (χ4v) is 2.97. The molecule has 3 heteroatoms. The molecular weight excluding hydrogens is 236 g/mol. The fourth-order valence-electron chi connectivity index (χ4n) is 2.97. The average molecular weight is 262 g/mol. The van der Waals surface area contributed by atoms with Gasteiger partial charge in [-0.15, -0.1) is 0 Å². The molecule has 0 amide bonds. The predicted molar refractivity (Wildman–Crippen MR) is 79.3 cm³/mol. The first kappa shape index (κ1) is 14.4. The highest BCUT2D eigenvalue weighted by molar-refractivity contribution is 5.28. The maximum absolute atomic E-state index is 5.99. The summed E-state index contributed by atoms with van der Waals surface area (Å²) in [5.74, 6) is 0.944. The third-order valence-corrected chi connectivity index (χ3v) is 4.18. The first-order chi connectivity index (χ1) is 9.22. The number of benzene rings is 1. The zero-order chi connectivity index (χ0) is 13.7. The van der Waals surface area contributed by atoms with Gasteiger partial charge < -0.3 is 10.5 Å². The molecule has 2 rings (SSSR count). The summed E-state index contributed by atoms with van der Waals surface area (Å²) in [4.78, 5) is 2.57. The van der Waals surface area contributed by atoms with Crippen LogP contribution in [-0.2, 0) is 6.54 Å². The van der Waals surface area contributed by atoms with Crippen molar-refractivity contribution in [3.05, 3.63) is 29.8 Å². The van der Waals surface area contributed by atoms with Gasteiger partial charge in [-0.3, -0.25) is 4.90 Å². The van der Waals surface area contributed by atoms with E-state index in [0.717, 1.165) is 18.8 Å². The van der Waals surface area contributed by atoms with Crippen LogP contribution in [0.1, 0.15) is 38.2 Å². The topological polar surface area (TPSA) is 38.5 Å². The van der Waals surface area contributed by atoms with E-state index in [1.807, 2.05) is 6.07 Å². The molecule has 1 aliphatic rings. The van der Waals surface area contributed by atoms with Crippen molar-refractivity contribution in [1.82, 2.24) is 4.90 Å². The molecule has 0 aliphatic heterocycles. The fraction of sp³-hybridized carbons (Fsp3) is 0.625. The van der Waals surface area contributed by atoms with Crippen molar-refractivity contribution in [2.24, 2.45) is 5.73 Å². The van der Waals surface area contributed by atoms with Crippen LogP contribution in [0.5, 0.6) is 5.75 Å². The second kappa shape index (κ2) is 6.92. The van der Waals surface area contributed by atoms with Crippen LogP contribution < -0.4 is 10.5 Å². The van der Waals surface area contributed by atoms with E-state index < -0.39 is 0 Å². The molecule has 106 valence electrons. The summed E-state index contributed by atoms with van der Waals surface area (Å²) in [5, 5.41) is 0. The predicted octanol–water partition coefficient (Wildman–Crippen LogP) is 2.79. The molecule has 0 unspecified atom stereocenters. The lowest BCUT2D eigenvalue weighted by atomic mass is 9.90. The number of rotatable bonds is 5. The van der Waals surface area contributed by atoms with Gasteiger partial charge in [-0.25, -0.2) is 0 Å². The Kier molecular flexibility index (Phi) is 5.23. The van der Waals surface area contributed by atoms with Crippen molar-refractivity contribution in [2.45, 2.75) is 51.2 Å². The third-order valence-electron chi connectivity index (χ3n) is 4.18. The second-order valence-electron chi connectivity index (χ2n) is 5.48. The normalized spacial score (nSPS) is 23.6. The molecule has 3 nitrogen and oxygen atoms in total. The van der Waals surface area contributed by atoms with Crippen LogP contribution in [0.15, 0.2) is 24.3 Å². The SMILES string of the molecule is CCN(Cc1cccc(OC)c1)C1CCC(N)CC1.